The Hall–Kier alpha value is 0.110. The molecule has 0 heterocycles. The Morgan fingerprint density at radius 3 is 2.55 bits per heavy atom. The Kier molecular flexibility index (Phi) is 3.52. The van der Waals surface area contributed by atoms with Crippen LogP contribution >= 0.6 is 31.9 Å². The third-order valence-corrected chi connectivity index (χ3v) is 2.16. The zero-order chi connectivity index (χ0) is 8.27. The molecule has 0 atom stereocenters. The van der Waals surface area contributed by atoms with Crippen molar-refractivity contribution in [1.29, 1.82) is 0 Å². The van der Waals surface area contributed by atoms with Crippen molar-refractivity contribution in [2.45, 2.75) is 6.42 Å². The molecule has 0 amide bonds. The zero-order valence-electron chi connectivity index (χ0n) is 5.78. The molecule has 0 radical (unpaired) electrons. The maximum absolute atomic E-state index is 12.7. The fourth-order valence-electron chi connectivity index (χ4n) is 0.864. The second kappa shape index (κ2) is 4.21. The van der Waals surface area contributed by atoms with E-state index in [1.54, 1.807) is 6.07 Å². The maximum Gasteiger partial charge on any atom is 0.124 e. The third kappa shape index (κ3) is 2.91. The van der Waals surface area contributed by atoms with Crippen molar-refractivity contribution < 1.29 is 4.39 Å². The van der Waals surface area contributed by atoms with E-state index in [0.717, 1.165) is 21.8 Å². The molecule has 0 fully saturated rings. The quantitative estimate of drug-likeness (QED) is 0.728. The minimum atomic E-state index is -0.185. The van der Waals surface area contributed by atoms with Gasteiger partial charge in [0.1, 0.15) is 5.82 Å². The van der Waals surface area contributed by atoms with Crippen molar-refractivity contribution in [2.24, 2.45) is 0 Å². The van der Waals surface area contributed by atoms with E-state index in [2.05, 4.69) is 31.9 Å². The highest BCUT2D eigenvalue weighted by molar-refractivity contribution is 9.10. The second-order valence-corrected chi connectivity index (χ2v) is 3.93. The first-order chi connectivity index (χ1) is 5.22. The van der Waals surface area contributed by atoms with Gasteiger partial charge < -0.3 is 0 Å². The topological polar surface area (TPSA) is 0 Å². The van der Waals surface area contributed by atoms with Gasteiger partial charge in [0.05, 0.1) is 0 Å². The van der Waals surface area contributed by atoms with Gasteiger partial charge in [-0.05, 0) is 30.2 Å². The lowest BCUT2D eigenvalue weighted by atomic mass is 10.2. The van der Waals surface area contributed by atoms with E-state index in [1.165, 1.54) is 6.07 Å². The van der Waals surface area contributed by atoms with Gasteiger partial charge in [0.25, 0.3) is 0 Å². The first-order valence-corrected chi connectivity index (χ1v) is 5.15. The Morgan fingerprint density at radius 2 is 2.00 bits per heavy atom. The van der Waals surface area contributed by atoms with Crippen LogP contribution in [-0.2, 0) is 6.42 Å². The number of aryl methyl sites for hydroxylation is 1. The summed E-state index contributed by atoms with van der Waals surface area (Å²) in [5.41, 5.74) is 1.01. The minimum Gasteiger partial charge on any atom is -0.207 e. The van der Waals surface area contributed by atoms with E-state index in [9.17, 15) is 4.39 Å². The SMILES string of the molecule is Fc1cc(Br)cc(CCBr)c1. The average molecular weight is 282 g/mol. The van der Waals surface area contributed by atoms with Gasteiger partial charge in [-0.15, -0.1) is 0 Å². The van der Waals surface area contributed by atoms with Crippen LogP contribution in [-0.4, -0.2) is 5.33 Å². The molecule has 1 rings (SSSR count). The molecule has 0 N–H and O–H groups in total. The molecule has 0 saturated heterocycles. The van der Waals surface area contributed by atoms with Crippen LogP contribution in [0.2, 0.25) is 0 Å². The summed E-state index contributed by atoms with van der Waals surface area (Å²) >= 11 is 6.53. The Morgan fingerprint density at radius 1 is 1.27 bits per heavy atom. The van der Waals surface area contributed by atoms with E-state index in [-0.39, 0.29) is 5.82 Å². The molecule has 0 bridgehead atoms. The molecule has 0 saturated carbocycles. The van der Waals surface area contributed by atoms with Crippen LogP contribution in [0.3, 0.4) is 0 Å². The number of alkyl halides is 1. The lowest BCUT2D eigenvalue weighted by Crippen LogP contribution is -1.87. The van der Waals surface area contributed by atoms with Crippen LogP contribution in [0.5, 0.6) is 0 Å². The summed E-state index contributed by atoms with van der Waals surface area (Å²) in [6, 6.07) is 4.92. The molecule has 3 heteroatoms. The number of hydrogen-bond donors (Lipinski definition) is 0. The van der Waals surface area contributed by atoms with Crippen LogP contribution in [0.15, 0.2) is 22.7 Å². The Bertz CT molecular complexity index is 228. The Balaban J connectivity index is 2.89. The predicted octanol–water partition coefficient (Wildman–Crippen LogP) is 3.53. The van der Waals surface area contributed by atoms with Crippen LogP contribution in [0.25, 0.3) is 0 Å². The number of halogens is 3. The fourth-order valence-corrected chi connectivity index (χ4v) is 1.83. The molecule has 0 aliphatic heterocycles. The monoisotopic (exact) mass is 280 g/mol. The lowest BCUT2D eigenvalue weighted by Gasteiger charge is -1.98. The standard InChI is InChI=1S/C8H7Br2F/c9-2-1-6-3-7(10)5-8(11)4-6/h3-5H,1-2H2. The van der Waals surface area contributed by atoms with Gasteiger partial charge in [0.15, 0.2) is 0 Å². The molecule has 0 aliphatic carbocycles. The van der Waals surface area contributed by atoms with Crippen LogP contribution < -0.4 is 0 Å². The van der Waals surface area contributed by atoms with Crippen molar-refractivity contribution in [2.75, 3.05) is 5.33 Å². The van der Waals surface area contributed by atoms with Crippen LogP contribution in [0.1, 0.15) is 5.56 Å². The summed E-state index contributed by atoms with van der Waals surface area (Å²) in [4.78, 5) is 0. The van der Waals surface area contributed by atoms with Crippen molar-refractivity contribution >= 4 is 31.9 Å². The molecule has 1 aromatic carbocycles. The molecule has 0 unspecified atom stereocenters. The van der Waals surface area contributed by atoms with Crippen molar-refractivity contribution in [3.05, 3.63) is 34.1 Å². The minimum absolute atomic E-state index is 0.185. The smallest absolute Gasteiger partial charge is 0.124 e. The first-order valence-electron chi connectivity index (χ1n) is 3.23. The number of benzene rings is 1. The molecule has 0 aliphatic rings. The van der Waals surface area contributed by atoms with Crippen LogP contribution in [0.4, 0.5) is 4.39 Å². The van der Waals surface area contributed by atoms with E-state index in [0.29, 0.717) is 0 Å². The predicted molar refractivity (Wildman–Crippen MR) is 51.6 cm³/mol. The van der Waals surface area contributed by atoms with E-state index in [4.69, 9.17) is 0 Å². The summed E-state index contributed by atoms with van der Waals surface area (Å²) < 4.78 is 13.5. The van der Waals surface area contributed by atoms with Gasteiger partial charge in [-0.3, -0.25) is 0 Å². The summed E-state index contributed by atoms with van der Waals surface area (Å²) in [5.74, 6) is -0.185. The first kappa shape index (κ1) is 9.20. The van der Waals surface area contributed by atoms with Gasteiger partial charge in [0.2, 0.25) is 0 Å². The van der Waals surface area contributed by atoms with Crippen LogP contribution in [0, 0.1) is 5.82 Å². The van der Waals surface area contributed by atoms with Crippen molar-refractivity contribution in [3.63, 3.8) is 0 Å². The summed E-state index contributed by atoms with van der Waals surface area (Å²) in [6.07, 6.45) is 0.857. The lowest BCUT2D eigenvalue weighted by molar-refractivity contribution is 0.625. The van der Waals surface area contributed by atoms with Gasteiger partial charge in [0, 0.05) is 9.80 Å². The molecule has 60 valence electrons. The van der Waals surface area contributed by atoms with E-state index >= 15 is 0 Å². The zero-order valence-corrected chi connectivity index (χ0v) is 8.95. The highest BCUT2D eigenvalue weighted by atomic mass is 79.9. The van der Waals surface area contributed by atoms with Gasteiger partial charge in [-0.2, -0.15) is 0 Å². The molecule has 0 spiro atoms. The number of hydrogen-bond acceptors (Lipinski definition) is 0. The fraction of sp³-hybridized carbons (Fsp3) is 0.250. The Labute approximate surface area is 82.1 Å². The molecule has 0 nitrogen and oxygen atoms in total. The van der Waals surface area contributed by atoms with E-state index in [1.807, 2.05) is 6.07 Å². The molecule has 0 aromatic heterocycles. The van der Waals surface area contributed by atoms with Crippen molar-refractivity contribution in [3.8, 4) is 0 Å². The molecule has 11 heavy (non-hydrogen) atoms. The van der Waals surface area contributed by atoms with Crippen molar-refractivity contribution in [1.82, 2.24) is 0 Å². The third-order valence-electron chi connectivity index (χ3n) is 1.31. The molecular weight excluding hydrogens is 275 g/mol. The maximum atomic E-state index is 12.7. The van der Waals surface area contributed by atoms with Gasteiger partial charge in [-0.1, -0.05) is 31.9 Å². The normalized spacial score (nSPS) is 10.1. The van der Waals surface area contributed by atoms with E-state index < -0.39 is 0 Å². The summed E-state index contributed by atoms with van der Waals surface area (Å²) in [7, 11) is 0. The van der Waals surface area contributed by atoms with Gasteiger partial charge in [-0.25, -0.2) is 4.39 Å². The molecule has 1 aromatic rings. The highest BCUT2D eigenvalue weighted by Gasteiger charge is 1.97. The average Bonchev–Trinajstić information content (AvgIpc) is 1.85. The van der Waals surface area contributed by atoms with Gasteiger partial charge >= 0.3 is 0 Å². The largest absolute Gasteiger partial charge is 0.207 e. The number of rotatable bonds is 2. The summed E-state index contributed by atoms with van der Waals surface area (Å²) in [6.45, 7) is 0. The summed E-state index contributed by atoms with van der Waals surface area (Å²) in [5, 5.41) is 0.864. The molecular formula is C8H7Br2F. The highest BCUT2D eigenvalue weighted by Crippen LogP contribution is 2.15. The second-order valence-electron chi connectivity index (χ2n) is 2.22.